The largest absolute Gasteiger partial charge is 0.490 e. The number of anilines is 1. The molecule has 0 aliphatic heterocycles. The van der Waals surface area contributed by atoms with Gasteiger partial charge in [0.2, 0.25) is 5.55 Å². The van der Waals surface area contributed by atoms with Gasteiger partial charge in [-0.3, -0.25) is 10.2 Å². The normalized spacial score (nSPS) is 10.6. The number of carbonyl (C=O) groups is 1. The molecule has 2 N–H and O–H groups in total. The van der Waals surface area contributed by atoms with Gasteiger partial charge in [-0.25, -0.2) is 4.39 Å². The van der Waals surface area contributed by atoms with E-state index in [0.717, 1.165) is 0 Å². The second-order valence-corrected chi connectivity index (χ2v) is 5.06. The molecule has 0 radical (unpaired) electrons. The number of halogens is 1. The Morgan fingerprint density at radius 1 is 1.25 bits per heavy atom. The first-order chi connectivity index (χ1) is 11.6. The number of hydrogen-bond acceptors (Lipinski definition) is 4. The molecule has 0 atom stereocenters. The Balaban J connectivity index is 1.97. The molecule has 2 aromatic carbocycles. The van der Waals surface area contributed by atoms with E-state index in [1.807, 2.05) is 6.92 Å². The molecule has 3 aromatic rings. The maximum absolute atomic E-state index is 12.9. The number of amides is 1. The molecule has 0 saturated carbocycles. The van der Waals surface area contributed by atoms with Gasteiger partial charge in [0.15, 0.2) is 11.3 Å². The highest BCUT2D eigenvalue weighted by Gasteiger charge is 2.14. The summed E-state index contributed by atoms with van der Waals surface area (Å²) in [5, 5.41) is 11.2. The zero-order valence-corrected chi connectivity index (χ0v) is 12.9. The fraction of sp³-hybridized carbons (Fsp3) is 0.111. The van der Waals surface area contributed by atoms with Crippen LogP contribution in [-0.2, 0) is 0 Å². The number of fused-ring (bicyclic) bond motifs is 1. The number of hydrogen-bond donors (Lipinski definition) is 2. The Labute approximate surface area is 137 Å². The quantitative estimate of drug-likeness (QED) is 0.767. The van der Waals surface area contributed by atoms with E-state index < -0.39 is 11.7 Å². The van der Waals surface area contributed by atoms with E-state index >= 15 is 0 Å². The molecule has 24 heavy (non-hydrogen) atoms. The number of benzene rings is 2. The van der Waals surface area contributed by atoms with Crippen LogP contribution in [0, 0.1) is 11.2 Å². The van der Waals surface area contributed by atoms with Gasteiger partial charge in [0.25, 0.3) is 5.91 Å². The van der Waals surface area contributed by atoms with Crippen LogP contribution in [0.1, 0.15) is 17.3 Å². The Bertz CT molecular complexity index is 949. The molecule has 0 aliphatic rings. The molecular formula is C18H15FN2O3. The molecule has 122 valence electrons. The molecule has 0 bridgehead atoms. The Hall–Kier alpha value is -3.15. The van der Waals surface area contributed by atoms with Crippen molar-refractivity contribution < 1.29 is 18.3 Å². The fourth-order valence-electron chi connectivity index (χ4n) is 2.30. The van der Waals surface area contributed by atoms with Crippen molar-refractivity contribution in [3.05, 3.63) is 65.5 Å². The van der Waals surface area contributed by atoms with Crippen molar-refractivity contribution in [1.82, 2.24) is 0 Å². The zero-order chi connectivity index (χ0) is 17.1. The molecule has 3 rings (SSSR count). The molecule has 0 spiro atoms. The van der Waals surface area contributed by atoms with E-state index in [4.69, 9.17) is 14.6 Å². The molecule has 1 amide bonds. The van der Waals surface area contributed by atoms with Crippen molar-refractivity contribution in [2.24, 2.45) is 0 Å². The fourth-order valence-corrected chi connectivity index (χ4v) is 2.30. The molecular weight excluding hydrogens is 311 g/mol. The molecule has 0 saturated heterocycles. The second kappa shape index (κ2) is 6.54. The summed E-state index contributed by atoms with van der Waals surface area (Å²) in [6.45, 7) is 2.32. The Kier molecular flexibility index (Phi) is 4.29. The van der Waals surface area contributed by atoms with E-state index in [1.165, 1.54) is 24.3 Å². The number of carbonyl (C=O) groups excluding carboxylic acids is 1. The Morgan fingerprint density at radius 2 is 2.00 bits per heavy atom. The summed E-state index contributed by atoms with van der Waals surface area (Å²) in [7, 11) is 0. The first-order valence-electron chi connectivity index (χ1n) is 7.39. The minimum atomic E-state index is -0.501. The topological polar surface area (TPSA) is 75.3 Å². The minimum Gasteiger partial charge on any atom is -0.490 e. The van der Waals surface area contributed by atoms with Crippen LogP contribution in [-0.4, -0.2) is 12.5 Å². The van der Waals surface area contributed by atoms with Crippen molar-refractivity contribution in [2.75, 3.05) is 11.9 Å². The van der Waals surface area contributed by atoms with Crippen LogP contribution in [0.25, 0.3) is 11.0 Å². The van der Waals surface area contributed by atoms with Gasteiger partial charge in [0.05, 0.1) is 6.61 Å². The van der Waals surface area contributed by atoms with E-state index in [-0.39, 0.29) is 11.1 Å². The molecule has 6 heteroatoms. The van der Waals surface area contributed by atoms with Gasteiger partial charge in [-0.2, -0.15) is 0 Å². The van der Waals surface area contributed by atoms with Gasteiger partial charge >= 0.3 is 0 Å². The molecule has 0 aliphatic carbocycles. The lowest BCUT2D eigenvalue weighted by Gasteiger charge is -2.09. The van der Waals surface area contributed by atoms with Crippen LogP contribution in [0.15, 0.2) is 52.9 Å². The van der Waals surface area contributed by atoms with Crippen LogP contribution in [0.5, 0.6) is 5.75 Å². The molecule has 0 fully saturated rings. The SMILES string of the molecule is CCOc1cccc2cc(C(=O)Nc3ccc(F)cc3)c(=N)oc12. The third kappa shape index (κ3) is 3.12. The first kappa shape index (κ1) is 15.7. The van der Waals surface area contributed by atoms with Gasteiger partial charge in [0.1, 0.15) is 11.4 Å². The lowest BCUT2D eigenvalue weighted by molar-refractivity contribution is 0.102. The van der Waals surface area contributed by atoms with Gasteiger partial charge in [-0.15, -0.1) is 0 Å². The molecule has 1 aromatic heterocycles. The first-order valence-corrected chi connectivity index (χ1v) is 7.39. The predicted octanol–water partition coefficient (Wildman–Crippen LogP) is 3.70. The van der Waals surface area contributed by atoms with Crippen molar-refractivity contribution >= 4 is 22.6 Å². The maximum Gasteiger partial charge on any atom is 0.261 e. The van der Waals surface area contributed by atoms with E-state index in [2.05, 4.69) is 5.32 Å². The molecule has 1 heterocycles. The van der Waals surface area contributed by atoms with Crippen LogP contribution in [0.2, 0.25) is 0 Å². The van der Waals surface area contributed by atoms with Gasteiger partial charge < -0.3 is 14.5 Å². The van der Waals surface area contributed by atoms with Crippen molar-refractivity contribution in [2.45, 2.75) is 6.92 Å². The summed E-state index contributed by atoms with van der Waals surface area (Å²) in [5.41, 5.74) is 0.668. The number of nitrogens with one attached hydrogen (secondary N) is 2. The van der Waals surface area contributed by atoms with Gasteiger partial charge in [0, 0.05) is 11.1 Å². The van der Waals surface area contributed by atoms with Crippen molar-refractivity contribution in [3.8, 4) is 5.75 Å². The summed E-state index contributed by atoms with van der Waals surface area (Å²) in [4.78, 5) is 12.4. The van der Waals surface area contributed by atoms with Crippen LogP contribution in [0.3, 0.4) is 0 Å². The van der Waals surface area contributed by atoms with E-state index in [9.17, 15) is 9.18 Å². The summed E-state index contributed by atoms with van der Waals surface area (Å²) >= 11 is 0. The van der Waals surface area contributed by atoms with E-state index in [1.54, 1.807) is 24.3 Å². The predicted molar refractivity (Wildman–Crippen MR) is 87.6 cm³/mol. The second-order valence-electron chi connectivity index (χ2n) is 5.06. The zero-order valence-electron chi connectivity index (χ0n) is 12.9. The maximum atomic E-state index is 12.9. The van der Waals surface area contributed by atoms with Gasteiger partial charge in [-0.05, 0) is 43.3 Å². The third-order valence-corrected chi connectivity index (χ3v) is 3.40. The lowest BCUT2D eigenvalue weighted by Crippen LogP contribution is -2.20. The summed E-state index contributed by atoms with van der Waals surface area (Å²) in [6.07, 6.45) is 0. The average molecular weight is 326 g/mol. The number of rotatable bonds is 4. The van der Waals surface area contributed by atoms with Crippen molar-refractivity contribution in [3.63, 3.8) is 0 Å². The molecule has 0 unspecified atom stereocenters. The van der Waals surface area contributed by atoms with Crippen LogP contribution in [0.4, 0.5) is 10.1 Å². The lowest BCUT2D eigenvalue weighted by atomic mass is 10.1. The van der Waals surface area contributed by atoms with Gasteiger partial charge in [-0.1, -0.05) is 12.1 Å². The monoisotopic (exact) mass is 326 g/mol. The number of para-hydroxylation sites is 1. The third-order valence-electron chi connectivity index (χ3n) is 3.40. The van der Waals surface area contributed by atoms with Crippen LogP contribution >= 0.6 is 0 Å². The Morgan fingerprint density at radius 3 is 2.71 bits per heavy atom. The smallest absolute Gasteiger partial charge is 0.261 e. The van der Waals surface area contributed by atoms with E-state index in [0.29, 0.717) is 29.0 Å². The molecule has 5 nitrogen and oxygen atoms in total. The van der Waals surface area contributed by atoms with Crippen LogP contribution < -0.4 is 15.6 Å². The summed E-state index contributed by atoms with van der Waals surface area (Å²) in [6, 6.07) is 12.3. The summed E-state index contributed by atoms with van der Waals surface area (Å²) in [5.74, 6) is -0.369. The number of ether oxygens (including phenoxy) is 1. The van der Waals surface area contributed by atoms with Crippen molar-refractivity contribution in [1.29, 1.82) is 5.41 Å². The standard InChI is InChI=1S/C18H15FN2O3/c1-2-23-15-5-3-4-11-10-14(17(20)24-16(11)15)18(22)21-13-8-6-12(19)7-9-13/h3-10,20H,2H2,1H3,(H,21,22). The minimum absolute atomic E-state index is 0.0838. The highest BCUT2D eigenvalue weighted by molar-refractivity contribution is 6.05. The summed E-state index contributed by atoms with van der Waals surface area (Å²) < 4.78 is 23.9. The highest BCUT2D eigenvalue weighted by atomic mass is 19.1. The highest BCUT2D eigenvalue weighted by Crippen LogP contribution is 2.25. The average Bonchev–Trinajstić information content (AvgIpc) is 2.57.